The Bertz CT molecular complexity index is 344. The van der Waals surface area contributed by atoms with Gasteiger partial charge in [0.25, 0.3) is 0 Å². The molecule has 1 amide bonds. The van der Waals surface area contributed by atoms with Gasteiger partial charge in [0.2, 0.25) is 0 Å². The van der Waals surface area contributed by atoms with E-state index in [1.807, 2.05) is 27.7 Å². The van der Waals surface area contributed by atoms with Gasteiger partial charge in [-0.25, -0.2) is 4.79 Å². The highest BCUT2D eigenvalue weighted by Crippen LogP contribution is 2.14. The maximum atomic E-state index is 11.5. The minimum absolute atomic E-state index is 0.464. The number of amides is 1. The van der Waals surface area contributed by atoms with Crippen molar-refractivity contribution in [3.8, 4) is 0 Å². The number of ether oxygens (including phenoxy) is 1. The first-order valence-corrected chi connectivity index (χ1v) is 4.78. The minimum atomic E-state index is -0.490. The minimum Gasteiger partial charge on any atom is -0.444 e. The van der Waals surface area contributed by atoms with Crippen LogP contribution in [0, 0.1) is 6.92 Å². The first kappa shape index (κ1) is 11.6. The number of rotatable bonds is 1. The molecule has 0 saturated carbocycles. The van der Waals surface area contributed by atoms with Gasteiger partial charge in [0, 0.05) is 12.6 Å². The molecular weight excluding hydrogens is 194 g/mol. The summed E-state index contributed by atoms with van der Waals surface area (Å²) in [4.78, 5) is 11.5. The molecule has 84 valence electrons. The van der Waals surface area contributed by atoms with Crippen molar-refractivity contribution < 1.29 is 9.53 Å². The highest BCUT2D eigenvalue weighted by atomic mass is 16.6. The molecular formula is C10H17N3O2. The van der Waals surface area contributed by atoms with Crippen LogP contribution in [0.5, 0.6) is 0 Å². The van der Waals surface area contributed by atoms with Gasteiger partial charge in [0.1, 0.15) is 11.4 Å². The van der Waals surface area contributed by atoms with Crippen LogP contribution in [0.25, 0.3) is 0 Å². The topological polar surface area (TPSA) is 56.2 Å². The summed E-state index contributed by atoms with van der Waals surface area (Å²) in [5.74, 6) is 0.657. The van der Waals surface area contributed by atoms with E-state index in [2.05, 4.69) is 10.4 Å². The number of hydrogen-bond donors (Lipinski definition) is 1. The van der Waals surface area contributed by atoms with E-state index in [1.165, 1.54) is 0 Å². The number of aryl methyl sites for hydroxylation is 2. The first-order valence-electron chi connectivity index (χ1n) is 4.78. The predicted molar refractivity (Wildman–Crippen MR) is 57.8 cm³/mol. The van der Waals surface area contributed by atoms with E-state index in [9.17, 15) is 4.79 Å². The van der Waals surface area contributed by atoms with E-state index in [0.717, 1.165) is 5.56 Å². The van der Waals surface area contributed by atoms with Crippen molar-refractivity contribution in [1.29, 1.82) is 0 Å². The van der Waals surface area contributed by atoms with E-state index >= 15 is 0 Å². The maximum absolute atomic E-state index is 11.5. The molecule has 15 heavy (non-hydrogen) atoms. The van der Waals surface area contributed by atoms with Crippen molar-refractivity contribution in [3.63, 3.8) is 0 Å². The van der Waals surface area contributed by atoms with E-state index in [0.29, 0.717) is 5.82 Å². The lowest BCUT2D eigenvalue weighted by atomic mass is 10.2. The van der Waals surface area contributed by atoms with Crippen molar-refractivity contribution in [1.82, 2.24) is 9.78 Å². The fourth-order valence-electron chi connectivity index (χ4n) is 1.13. The Balaban J connectivity index is 2.67. The number of hydrogen-bond acceptors (Lipinski definition) is 3. The van der Waals surface area contributed by atoms with Gasteiger partial charge >= 0.3 is 6.09 Å². The third kappa shape index (κ3) is 3.27. The van der Waals surface area contributed by atoms with Crippen LogP contribution in [0.15, 0.2) is 6.20 Å². The number of carbonyl (C=O) groups is 1. The zero-order valence-corrected chi connectivity index (χ0v) is 9.79. The molecule has 0 saturated heterocycles. The molecule has 0 aliphatic rings. The molecule has 0 bridgehead atoms. The highest BCUT2D eigenvalue weighted by molar-refractivity contribution is 5.84. The molecule has 0 radical (unpaired) electrons. The van der Waals surface area contributed by atoms with Crippen molar-refractivity contribution >= 4 is 11.9 Å². The summed E-state index contributed by atoms with van der Waals surface area (Å²) in [6, 6.07) is 0. The number of nitrogens with zero attached hydrogens (tertiary/aromatic N) is 2. The Morgan fingerprint density at radius 2 is 2.13 bits per heavy atom. The fraction of sp³-hybridized carbons (Fsp3) is 0.600. The molecule has 1 rings (SSSR count). The number of nitrogens with one attached hydrogen (secondary N) is 1. The lowest BCUT2D eigenvalue weighted by Crippen LogP contribution is -2.28. The third-order valence-corrected chi connectivity index (χ3v) is 1.74. The van der Waals surface area contributed by atoms with Crippen molar-refractivity contribution in [2.24, 2.45) is 7.05 Å². The van der Waals surface area contributed by atoms with Gasteiger partial charge < -0.3 is 4.74 Å². The second-order valence-electron chi connectivity index (χ2n) is 4.43. The van der Waals surface area contributed by atoms with E-state index in [4.69, 9.17) is 4.74 Å². The summed E-state index contributed by atoms with van der Waals surface area (Å²) in [6.07, 6.45) is 1.22. The van der Waals surface area contributed by atoms with Crippen LogP contribution in [0.4, 0.5) is 10.6 Å². The molecule has 0 aliphatic carbocycles. The molecule has 0 unspecified atom stereocenters. The van der Waals surface area contributed by atoms with Crippen LogP contribution in [0.2, 0.25) is 0 Å². The molecule has 0 aliphatic heterocycles. The SMILES string of the molecule is Cc1cnn(C)c1NC(=O)OC(C)(C)C. The van der Waals surface area contributed by atoms with Gasteiger partial charge in [-0.1, -0.05) is 0 Å². The second-order valence-corrected chi connectivity index (χ2v) is 4.43. The number of anilines is 1. The van der Waals surface area contributed by atoms with Crippen LogP contribution in [-0.2, 0) is 11.8 Å². The third-order valence-electron chi connectivity index (χ3n) is 1.74. The highest BCUT2D eigenvalue weighted by Gasteiger charge is 2.17. The van der Waals surface area contributed by atoms with Gasteiger partial charge in [-0.05, 0) is 27.7 Å². The standard InChI is InChI=1S/C10H17N3O2/c1-7-6-11-13(5)8(7)12-9(14)15-10(2,3)4/h6H,1-5H3,(H,12,14). The van der Waals surface area contributed by atoms with E-state index in [-0.39, 0.29) is 0 Å². The van der Waals surface area contributed by atoms with Crippen molar-refractivity contribution in [2.75, 3.05) is 5.32 Å². The lowest BCUT2D eigenvalue weighted by molar-refractivity contribution is 0.0634. The Morgan fingerprint density at radius 1 is 1.53 bits per heavy atom. The molecule has 1 heterocycles. The van der Waals surface area contributed by atoms with Gasteiger partial charge in [0.05, 0.1) is 6.20 Å². The molecule has 0 fully saturated rings. The average Bonchev–Trinajstić information content (AvgIpc) is 2.32. The summed E-state index contributed by atoms with van der Waals surface area (Å²) < 4.78 is 6.73. The average molecular weight is 211 g/mol. The molecule has 5 nitrogen and oxygen atoms in total. The number of carbonyl (C=O) groups excluding carboxylic acids is 1. The largest absolute Gasteiger partial charge is 0.444 e. The predicted octanol–water partition coefficient (Wildman–Crippen LogP) is 2.08. The molecule has 0 spiro atoms. The van der Waals surface area contributed by atoms with Gasteiger partial charge in [-0.15, -0.1) is 0 Å². The molecule has 5 heteroatoms. The van der Waals surface area contributed by atoms with Crippen LogP contribution in [0.3, 0.4) is 0 Å². The summed E-state index contributed by atoms with van der Waals surface area (Å²) in [6.45, 7) is 7.34. The van der Waals surface area contributed by atoms with Crippen molar-refractivity contribution in [2.45, 2.75) is 33.3 Å². The maximum Gasteiger partial charge on any atom is 0.413 e. The molecule has 0 atom stereocenters. The number of aromatic nitrogens is 2. The fourth-order valence-corrected chi connectivity index (χ4v) is 1.13. The molecule has 1 aromatic rings. The Labute approximate surface area is 89.4 Å². The van der Waals surface area contributed by atoms with E-state index < -0.39 is 11.7 Å². The Morgan fingerprint density at radius 3 is 2.53 bits per heavy atom. The van der Waals surface area contributed by atoms with Crippen molar-refractivity contribution in [3.05, 3.63) is 11.8 Å². The van der Waals surface area contributed by atoms with Gasteiger partial charge in [-0.2, -0.15) is 5.10 Å². The van der Waals surface area contributed by atoms with Crippen LogP contribution >= 0.6 is 0 Å². The van der Waals surface area contributed by atoms with Crippen LogP contribution < -0.4 is 5.32 Å². The monoisotopic (exact) mass is 211 g/mol. The normalized spacial score (nSPS) is 11.3. The summed E-state index contributed by atoms with van der Waals surface area (Å²) in [7, 11) is 1.76. The smallest absolute Gasteiger partial charge is 0.413 e. The lowest BCUT2D eigenvalue weighted by Gasteiger charge is -2.19. The summed E-state index contributed by atoms with van der Waals surface area (Å²) in [5.41, 5.74) is 0.416. The van der Waals surface area contributed by atoms with Crippen LogP contribution in [0.1, 0.15) is 26.3 Å². The summed E-state index contributed by atoms with van der Waals surface area (Å²) >= 11 is 0. The Hall–Kier alpha value is -1.52. The molecule has 0 aromatic carbocycles. The first-order chi connectivity index (χ1) is 6.79. The van der Waals surface area contributed by atoms with Gasteiger partial charge in [-0.3, -0.25) is 10.00 Å². The zero-order valence-electron chi connectivity index (χ0n) is 9.79. The van der Waals surface area contributed by atoms with E-state index in [1.54, 1.807) is 17.9 Å². The summed E-state index contributed by atoms with van der Waals surface area (Å²) in [5, 5.41) is 6.67. The Kier molecular flexibility index (Phi) is 3.02. The zero-order chi connectivity index (χ0) is 11.6. The van der Waals surface area contributed by atoms with Crippen LogP contribution in [-0.4, -0.2) is 21.5 Å². The molecule has 1 aromatic heterocycles. The van der Waals surface area contributed by atoms with Gasteiger partial charge in [0.15, 0.2) is 0 Å². The molecule has 1 N–H and O–H groups in total. The quantitative estimate of drug-likeness (QED) is 0.773. The second kappa shape index (κ2) is 3.92.